The van der Waals surface area contributed by atoms with E-state index < -0.39 is 11.8 Å². The molecule has 3 rings (SSSR count). The van der Waals surface area contributed by atoms with Crippen molar-refractivity contribution >= 4 is 11.8 Å². The van der Waals surface area contributed by atoms with Crippen LogP contribution in [-0.2, 0) is 16.1 Å². The van der Waals surface area contributed by atoms with Gasteiger partial charge in [-0.15, -0.1) is 0 Å². The first-order valence-corrected chi connectivity index (χ1v) is 8.17. The molecular weight excluding hydrogens is 296 g/mol. The van der Waals surface area contributed by atoms with E-state index in [-0.39, 0.29) is 13.3 Å². The summed E-state index contributed by atoms with van der Waals surface area (Å²) in [4.78, 5) is 23.6. The summed E-state index contributed by atoms with van der Waals surface area (Å²) in [5.74, 6) is 0.896. The van der Waals surface area contributed by atoms with Gasteiger partial charge in [0.05, 0.1) is 0 Å². The van der Waals surface area contributed by atoms with Crippen LogP contribution in [0, 0.1) is 5.92 Å². The minimum absolute atomic E-state index is 0.217. The van der Waals surface area contributed by atoms with Gasteiger partial charge in [0.25, 0.3) is 0 Å². The molecule has 1 aromatic carbocycles. The van der Waals surface area contributed by atoms with Crippen LogP contribution in [0.4, 0.5) is 0 Å². The molecule has 0 aromatic heterocycles. The maximum absolute atomic E-state index is 11.8. The number of rotatable bonds is 5. The lowest BCUT2D eigenvalue weighted by molar-refractivity contribution is -0.139. The normalized spacial score (nSPS) is 16.3. The number of benzene rings is 1. The summed E-state index contributed by atoms with van der Waals surface area (Å²) < 4.78 is 10.5. The zero-order valence-electron chi connectivity index (χ0n) is 13.1. The first-order chi connectivity index (χ1) is 11.2. The summed E-state index contributed by atoms with van der Waals surface area (Å²) in [5, 5.41) is 5.31. The quantitative estimate of drug-likeness (QED) is 0.811. The molecule has 0 unspecified atom stereocenters. The maximum atomic E-state index is 11.8. The van der Waals surface area contributed by atoms with Gasteiger partial charge in [-0.25, -0.2) is 0 Å². The number of hydrogen-bond acceptors (Lipinski definition) is 4. The highest BCUT2D eigenvalue weighted by Crippen LogP contribution is 2.32. The summed E-state index contributed by atoms with van der Waals surface area (Å²) in [6.45, 7) is 1.07. The molecule has 2 N–H and O–H groups in total. The second-order valence-corrected chi connectivity index (χ2v) is 6.07. The highest BCUT2D eigenvalue weighted by Gasteiger charge is 2.17. The van der Waals surface area contributed by atoms with E-state index in [2.05, 4.69) is 10.6 Å². The smallest absolute Gasteiger partial charge is 0.309 e. The molecule has 0 radical (unpaired) electrons. The molecule has 1 fully saturated rings. The number of amides is 2. The average molecular weight is 318 g/mol. The Kier molecular flexibility index (Phi) is 5.00. The Balaban J connectivity index is 1.39. The Morgan fingerprint density at radius 3 is 2.61 bits per heavy atom. The fourth-order valence-corrected chi connectivity index (χ4v) is 3.08. The molecule has 1 heterocycles. The van der Waals surface area contributed by atoms with E-state index in [9.17, 15) is 9.59 Å². The van der Waals surface area contributed by atoms with E-state index in [1.807, 2.05) is 6.07 Å². The predicted molar refractivity (Wildman–Crippen MR) is 84.0 cm³/mol. The van der Waals surface area contributed by atoms with Crippen LogP contribution in [0.2, 0.25) is 0 Å². The topological polar surface area (TPSA) is 76.7 Å². The van der Waals surface area contributed by atoms with Gasteiger partial charge in [-0.1, -0.05) is 31.7 Å². The largest absolute Gasteiger partial charge is 0.454 e. The van der Waals surface area contributed by atoms with Crippen molar-refractivity contribution in [3.63, 3.8) is 0 Å². The SMILES string of the molecule is O=C(NCCC1CCCC1)C(=O)NCc1ccc2c(c1)OCO2. The van der Waals surface area contributed by atoms with Gasteiger partial charge in [-0.05, 0) is 30.0 Å². The molecule has 0 saturated heterocycles. The summed E-state index contributed by atoms with van der Waals surface area (Å²) in [5.41, 5.74) is 0.862. The van der Waals surface area contributed by atoms with Crippen molar-refractivity contribution in [3.05, 3.63) is 23.8 Å². The van der Waals surface area contributed by atoms with Gasteiger partial charge in [0.2, 0.25) is 6.79 Å². The van der Waals surface area contributed by atoms with E-state index in [0.717, 1.165) is 12.0 Å². The lowest BCUT2D eigenvalue weighted by Gasteiger charge is -2.10. The second-order valence-electron chi connectivity index (χ2n) is 6.07. The molecular formula is C17H22N2O4. The molecule has 6 nitrogen and oxygen atoms in total. The fourth-order valence-electron chi connectivity index (χ4n) is 3.08. The van der Waals surface area contributed by atoms with Gasteiger partial charge in [0, 0.05) is 13.1 Å². The Morgan fingerprint density at radius 2 is 1.78 bits per heavy atom. The lowest BCUT2D eigenvalue weighted by Crippen LogP contribution is -2.40. The van der Waals surface area contributed by atoms with Gasteiger partial charge < -0.3 is 20.1 Å². The van der Waals surface area contributed by atoms with Crippen LogP contribution in [0.5, 0.6) is 11.5 Å². The monoisotopic (exact) mass is 318 g/mol. The third-order valence-electron chi connectivity index (χ3n) is 4.41. The van der Waals surface area contributed by atoms with Crippen molar-refractivity contribution in [2.45, 2.75) is 38.6 Å². The number of ether oxygens (including phenoxy) is 2. The Labute approximate surface area is 135 Å². The van der Waals surface area contributed by atoms with Crippen molar-refractivity contribution in [1.82, 2.24) is 10.6 Å². The van der Waals surface area contributed by atoms with Crippen LogP contribution in [0.15, 0.2) is 18.2 Å². The molecule has 1 aromatic rings. The highest BCUT2D eigenvalue weighted by atomic mass is 16.7. The molecule has 124 valence electrons. The van der Waals surface area contributed by atoms with Gasteiger partial charge in [0.1, 0.15) is 0 Å². The van der Waals surface area contributed by atoms with E-state index in [4.69, 9.17) is 9.47 Å². The van der Waals surface area contributed by atoms with Crippen molar-refractivity contribution in [2.24, 2.45) is 5.92 Å². The van der Waals surface area contributed by atoms with Crippen molar-refractivity contribution in [2.75, 3.05) is 13.3 Å². The van der Waals surface area contributed by atoms with Crippen LogP contribution < -0.4 is 20.1 Å². The van der Waals surface area contributed by atoms with Crippen LogP contribution in [0.25, 0.3) is 0 Å². The molecule has 0 atom stereocenters. The number of fused-ring (bicyclic) bond motifs is 1. The van der Waals surface area contributed by atoms with Crippen molar-refractivity contribution < 1.29 is 19.1 Å². The minimum atomic E-state index is -0.603. The third-order valence-corrected chi connectivity index (χ3v) is 4.41. The standard InChI is InChI=1S/C17H22N2O4/c20-16(18-8-7-12-3-1-2-4-12)17(21)19-10-13-5-6-14-15(9-13)23-11-22-14/h5-6,9,12H,1-4,7-8,10-11H2,(H,18,20)(H,19,21). The lowest BCUT2D eigenvalue weighted by atomic mass is 10.0. The molecule has 0 bridgehead atoms. The number of hydrogen-bond donors (Lipinski definition) is 2. The first kappa shape index (κ1) is 15.6. The van der Waals surface area contributed by atoms with Gasteiger partial charge in [0.15, 0.2) is 11.5 Å². The third kappa shape index (κ3) is 4.15. The number of nitrogens with one attached hydrogen (secondary N) is 2. The molecule has 1 saturated carbocycles. The Hall–Kier alpha value is -2.24. The Bertz CT molecular complexity index is 582. The number of carbonyl (C=O) groups is 2. The maximum Gasteiger partial charge on any atom is 0.309 e. The van der Waals surface area contributed by atoms with E-state index >= 15 is 0 Å². The summed E-state index contributed by atoms with van der Waals surface area (Å²) in [6.07, 6.45) is 6.02. The van der Waals surface area contributed by atoms with Crippen molar-refractivity contribution in [3.8, 4) is 11.5 Å². The van der Waals surface area contributed by atoms with Crippen LogP contribution in [0.3, 0.4) is 0 Å². The van der Waals surface area contributed by atoms with Gasteiger partial charge >= 0.3 is 11.8 Å². The summed E-state index contributed by atoms with van der Waals surface area (Å²) in [6, 6.07) is 5.44. The average Bonchev–Trinajstić information content (AvgIpc) is 3.23. The summed E-state index contributed by atoms with van der Waals surface area (Å²) in [7, 11) is 0. The van der Waals surface area contributed by atoms with E-state index in [1.54, 1.807) is 12.1 Å². The van der Waals surface area contributed by atoms with Crippen LogP contribution >= 0.6 is 0 Å². The Morgan fingerprint density at radius 1 is 1.04 bits per heavy atom. The number of carbonyl (C=O) groups excluding carboxylic acids is 2. The van der Waals surface area contributed by atoms with Crippen molar-refractivity contribution in [1.29, 1.82) is 0 Å². The molecule has 2 aliphatic rings. The highest BCUT2D eigenvalue weighted by molar-refractivity contribution is 6.35. The molecule has 1 aliphatic heterocycles. The molecule has 2 amide bonds. The molecule has 6 heteroatoms. The van der Waals surface area contributed by atoms with Gasteiger partial charge in [-0.2, -0.15) is 0 Å². The van der Waals surface area contributed by atoms with Crippen LogP contribution in [-0.4, -0.2) is 25.2 Å². The second kappa shape index (κ2) is 7.35. The fraction of sp³-hybridized carbons (Fsp3) is 0.529. The van der Waals surface area contributed by atoms with Crippen LogP contribution in [0.1, 0.15) is 37.7 Å². The first-order valence-electron chi connectivity index (χ1n) is 8.17. The zero-order chi connectivity index (χ0) is 16.1. The predicted octanol–water partition coefficient (Wildman–Crippen LogP) is 1.73. The van der Waals surface area contributed by atoms with Gasteiger partial charge in [-0.3, -0.25) is 9.59 Å². The molecule has 23 heavy (non-hydrogen) atoms. The molecule has 1 aliphatic carbocycles. The minimum Gasteiger partial charge on any atom is -0.454 e. The van der Waals surface area contributed by atoms with E-state index in [1.165, 1.54) is 25.7 Å². The zero-order valence-corrected chi connectivity index (χ0v) is 13.1. The summed E-state index contributed by atoms with van der Waals surface area (Å²) >= 11 is 0. The molecule has 0 spiro atoms. The van der Waals surface area contributed by atoms with E-state index in [0.29, 0.717) is 24.0 Å².